The van der Waals surface area contributed by atoms with Crippen LogP contribution >= 0.6 is 0 Å². The van der Waals surface area contributed by atoms with Crippen molar-refractivity contribution < 1.29 is 14.3 Å². The first kappa shape index (κ1) is 14.4. The van der Waals surface area contributed by atoms with Crippen LogP contribution < -0.4 is 14.8 Å². The Bertz CT molecular complexity index is 468. The number of rotatable bonds is 5. The topological polar surface area (TPSA) is 47.6 Å². The van der Waals surface area contributed by atoms with Gasteiger partial charge in [-0.15, -0.1) is 0 Å². The van der Waals surface area contributed by atoms with Crippen LogP contribution in [0.1, 0.15) is 31.2 Å². The summed E-state index contributed by atoms with van der Waals surface area (Å²) >= 11 is 0. The predicted molar refractivity (Wildman–Crippen MR) is 79.0 cm³/mol. The molecule has 1 aromatic rings. The molecule has 4 nitrogen and oxygen atoms in total. The number of hydrogen-bond donors (Lipinski definition) is 1. The van der Waals surface area contributed by atoms with Crippen molar-refractivity contribution in [2.75, 3.05) is 14.2 Å². The molecule has 1 aliphatic carbocycles. The Hall–Kier alpha value is -1.97. The van der Waals surface area contributed by atoms with E-state index in [9.17, 15) is 4.79 Å². The molecule has 0 saturated heterocycles. The molecule has 1 aromatic carbocycles. The summed E-state index contributed by atoms with van der Waals surface area (Å²) in [6.45, 7) is 0. The number of methoxy groups -OCH3 is 2. The minimum absolute atomic E-state index is 0.0429. The number of benzene rings is 1. The largest absolute Gasteiger partial charge is 0.497 e. The number of carbonyl (C=O) groups excluding carboxylic acids is 1. The fraction of sp³-hybridized carbons (Fsp3) is 0.438. The number of carbonyl (C=O) groups is 1. The predicted octanol–water partition coefficient (Wildman–Crippen LogP) is 2.78. The maximum Gasteiger partial charge on any atom is 0.244 e. The molecule has 1 N–H and O–H groups in total. The summed E-state index contributed by atoms with van der Waals surface area (Å²) in [5, 5.41) is 3.02. The second kappa shape index (κ2) is 6.98. The first-order valence-electron chi connectivity index (χ1n) is 6.93. The molecule has 108 valence electrons. The fourth-order valence-electron chi connectivity index (χ4n) is 2.42. The van der Waals surface area contributed by atoms with Crippen LogP contribution in [-0.2, 0) is 4.79 Å². The van der Waals surface area contributed by atoms with Gasteiger partial charge in [0, 0.05) is 18.2 Å². The molecule has 0 unspecified atom stereocenters. The van der Waals surface area contributed by atoms with Crippen LogP contribution in [0.3, 0.4) is 0 Å². The SMILES string of the molecule is COc1cc(/C=C/C(=O)NC2CCCC2)cc(OC)c1. The van der Waals surface area contributed by atoms with Crippen LogP contribution in [0, 0.1) is 0 Å². The molecule has 0 aliphatic heterocycles. The van der Waals surface area contributed by atoms with E-state index < -0.39 is 0 Å². The number of ether oxygens (including phenoxy) is 2. The van der Waals surface area contributed by atoms with Crippen LogP contribution in [0.2, 0.25) is 0 Å². The van der Waals surface area contributed by atoms with Gasteiger partial charge in [-0.2, -0.15) is 0 Å². The summed E-state index contributed by atoms with van der Waals surface area (Å²) in [6, 6.07) is 5.87. The van der Waals surface area contributed by atoms with Gasteiger partial charge in [-0.1, -0.05) is 12.8 Å². The molecular formula is C16H21NO3. The molecule has 1 aliphatic rings. The van der Waals surface area contributed by atoms with E-state index in [1.807, 2.05) is 12.1 Å². The normalized spacial score (nSPS) is 15.5. The Morgan fingerprint density at radius 3 is 2.30 bits per heavy atom. The maximum absolute atomic E-state index is 11.8. The second-order valence-electron chi connectivity index (χ2n) is 4.97. The molecule has 1 saturated carbocycles. The highest BCUT2D eigenvalue weighted by Crippen LogP contribution is 2.23. The molecule has 1 amide bonds. The third-order valence-electron chi connectivity index (χ3n) is 3.50. The number of hydrogen-bond acceptors (Lipinski definition) is 3. The summed E-state index contributed by atoms with van der Waals surface area (Å²) in [6.07, 6.45) is 7.93. The highest BCUT2D eigenvalue weighted by atomic mass is 16.5. The lowest BCUT2D eigenvalue weighted by molar-refractivity contribution is -0.117. The minimum Gasteiger partial charge on any atom is -0.497 e. The average Bonchev–Trinajstić information content (AvgIpc) is 2.97. The van der Waals surface area contributed by atoms with E-state index in [0.717, 1.165) is 18.4 Å². The molecule has 0 bridgehead atoms. The molecular weight excluding hydrogens is 254 g/mol. The highest BCUT2D eigenvalue weighted by Gasteiger charge is 2.15. The zero-order valence-corrected chi connectivity index (χ0v) is 12.0. The van der Waals surface area contributed by atoms with Gasteiger partial charge in [0.25, 0.3) is 0 Å². The van der Waals surface area contributed by atoms with E-state index in [-0.39, 0.29) is 5.91 Å². The van der Waals surface area contributed by atoms with Gasteiger partial charge in [-0.3, -0.25) is 4.79 Å². The van der Waals surface area contributed by atoms with Crippen molar-refractivity contribution in [3.05, 3.63) is 29.8 Å². The smallest absolute Gasteiger partial charge is 0.244 e. The van der Waals surface area contributed by atoms with Crippen molar-refractivity contribution in [3.8, 4) is 11.5 Å². The Morgan fingerprint density at radius 2 is 1.75 bits per heavy atom. The Balaban J connectivity index is 2.00. The van der Waals surface area contributed by atoms with Crippen LogP contribution in [0.15, 0.2) is 24.3 Å². The molecule has 4 heteroatoms. The summed E-state index contributed by atoms with van der Waals surface area (Å²) < 4.78 is 10.4. The van der Waals surface area contributed by atoms with Gasteiger partial charge in [0.05, 0.1) is 14.2 Å². The van der Waals surface area contributed by atoms with Crippen molar-refractivity contribution in [1.29, 1.82) is 0 Å². The van der Waals surface area contributed by atoms with Crippen LogP contribution in [0.25, 0.3) is 6.08 Å². The summed E-state index contributed by atoms with van der Waals surface area (Å²) in [5.74, 6) is 1.37. The lowest BCUT2D eigenvalue weighted by Gasteiger charge is -2.09. The van der Waals surface area contributed by atoms with E-state index in [1.54, 1.807) is 32.4 Å². The lowest BCUT2D eigenvalue weighted by Crippen LogP contribution is -2.30. The first-order chi connectivity index (χ1) is 9.71. The third-order valence-corrected chi connectivity index (χ3v) is 3.50. The fourth-order valence-corrected chi connectivity index (χ4v) is 2.42. The lowest BCUT2D eigenvalue weighted by atomic mass is 10.2. The van der Waals surface area contributed by atoms with E-state index >= 15 is 0 Å². The van der Waals surface area contributed by atoms with Crippen LogP contribution in [0.5, 0.6) is 11.5 Å². The van der Waals surface area contributed by atoms with Crippen molar-refractivity contribution >= 4 is 12.0 Å². The molecule has 1 fully saturated rings. The van der Waals surface area contributed by atoms with Crippen LogP contribution in [0.4, 0.5) is 0 Å². The van der Waals surface area contributed by atoms with Crippen molar-refractivity contribution in [3.63, 3.8) is 0 Å². The van der Waals surface area contributed by atoms with Gasteiger partial charge in [-0.05, 0) is 36.6 Å². The second-order valence-corrected chi connectivity index (χ2v) is 4.97. The van der Waals surface area contributed by atoms with Gasteiger partial charge < -0.3 is 14.8 Å². The van der Waals surface area contributed by atoms with Crippen LogP contribution in [-0.4, -0.2) is 26.2 Å². The zero-order chi connectivity index (χ0) is 14.4. The summed E-state index contributed by atoms with van der Waals surface area (Å²) in [7, 11) is 3.21. The van der Waals surface area contributed by atoms with Gasteiger partial charge >= 0.3 is 0 Å². The monoisotopic (exact) mass is 275 g/mol. The molecule has 0 atom stereocenters. The third kappa shape index (κ3) is 4.02. The molecule has 0 aromatic heterocycles. The summed E-state index contributed by atoms with van der Waals surface area (Å²) in [5.41, 5.74) is 0.878. The minimum atomic E-state index is -0.0429. The van der Waals surface area contributed by atoms with Crippen molar-refractivity contribution in [1.82, 2.24) is 5.32 Å². The van der Waals surface area contributed by atoms with E-state index in [4.69, 9.17) is 9.47 Å². The van der Waals surface area contributed by atoms with Gasteiger partial charge in [0.1, 0.15) is 11.5 Å². The number of nitrogens with one attached hydrogen (secondary N) is 1. The average molecular weight is 275 g/mol. The Morgan fingerprint density at radius 1 is 1.15 bits per heavy atom. The molecule has 0 spiro atoms. The van der Waals surface area contributed by atoms with E-state index in [2.05, 4.69) is 5.32 Å². The molecule has 2 rings (SSSR count). The van der Waals surface area contributed by atoms with Gasteiger partial charge in [0.15, 0.2) is 0 Å². The maximum atomic E-state index is 11.8. The van der Waals surface area contributed by atoms with E-state index in [0.29, 0.717) is 17.5 Å². The summed E-state index contributed by atoms with van der Waals surface area (Å²) in [4.78, 5) is 11.8. The Labute approximate surface area is 119 Å². The zero-order valence-electron chi connectivity index (χ0n) is 12.0. The molecule has 20 heavy (non-hydrogen) atoms. The first-order valence-corrected chi connectivity index (χ1v) is 6.93. The van der Waals surface area contributed by atoms with Crippen molar-refractivity contribution in [2.45, 2.75) is 31.7 Å². The van der Waals surface area contributed by atoms with Gasteiger partial charge in [0.2, 0.25) is 5.91 Å². The highest BCUT2D eigenvalue weighted by molar-refractivity contribution is 5.92. The number of amides is 1. The van der Waals surface area contributed by atoms with E-state index in [1.165, 1.54) is 12.8 Å². The quantitative estimate of drug-likeness (QED) is 0.841. The van der Waals surface area contributed by atoms with Crippen molar-refractivity contribution in [2.24, 2.45) is 0 Å². The standard InChI is InChI=1S/C16H21NO3/c1-19-14-9-12(10-15(11-14)20-2)7-8-16(18)17-13-5-3-4-6-13/h7-11,13H,3-6H2,1-2H3,(H,17,18)/b8-7+. The van der Waals surface area contributed by atoms with Gasteiger partial charge in [-0.25, -0.2) is 0 Å². The molecule has 0 heterocycles. The Kier molecular flexibility index (Phi) is 5.04. The molecule has 0 radical (unpaired) electrons.